The van der Waals surface area contributed by atoms with Gasteiger partial charge < -0.3 is 19.7 Å². The zero-order valence-electron chi connectivity index (χ0n) is 14.2. The molecule has 0 unspecified atom stereocenters. The Balaban J connectivity index is 2.36. The van der Waals surface area contributed by atoms with Crippen LogP contribution in [0.5, 0.6) is 0 Å². The van der Waals surface area contributed by atoms with E-state index in [1.165, 1.54) is 20.3 Å². The van der Waals surface area contributed by atoms with Crippen LogP contribution in [-0.4, -0.2) is 48.6 Å². The fraction of sp³-hybridized carbons (Fsp3) is 0.368. The molecule has 0 heterocycles. The summed E-state index contributed by atoms with van der Waals surface area (Å²) in [5.74, 6) is -2.79. The molecule has 132 valence electrons. The minimum Gasteiger partial charge on any atom is -0.469 e. The smallest absolute Gasteiger partial charge is 0.321 e. The number of methoxy groups -OCH3 is 2. The summed E-state index contributed by atoms with van der Waals surface area (Å²) in [5, 5.41) is 20.8. The summed E-state index contributed by atoms with van der Waals surface area (Å²) >= 11 is 0. The van der Waals surface area contributed by atoms with E-state index >= 15 is 0 Å². The highest BCUT2D eigenvalue weighted by atomic mass is 16.5. The number of rotatable bonds is 2. The van der Waals surface area contributed by atoms with Gasteiger partial charge in [-0.05, 0) is 35.3 Å². The number of benzene rings is 1. The number of hydrogen-bond donors (Lipinski definition) is 2. The summed E-state index contributed by atoms with van der Waals surface area (Å²) in [7, 11) is 2.40. The van der Waals surface area contributed by atoms with E-state index in [1.807, 2.05) is 25.1 Å². The van der Waals surface area contributed by atoms with Gasteiger partial charge >= 0.3 is 11.9 Å². The molecule has 0 saturated heterocycles. The van der Waals surface area contributed by atoms with E-state index in [1.54, 1.807) is 12.2 Å². The predicted molar refractivity (Wildman–Crippen MR) is 90.2 cm³/mol. The van der Waals surface area contributed by atoms with E-state index in [0.29, 0.717) is 5.57 Å². The normalized spacial score (nSPS) is 30.0. The first-order valence-electron chi connectivity index (χ1n) is 7.92. The molecule has 3 rings (SSSR count). The Kier molecular flexibility index (Phi) is 4.26. The van der Waals surface area contributed by atoms with E-state index in [-0.39, 0.29) is 0 Å². The lowest BCUT2D eigenvalue weighted by atomic mass is 9.58. The molecule has 1 aromatic carbocycles. The van der Waals surface area contributed by atoms with Gasteiger partial charge in [0.05, 0.1) is 26.4 Å². The number of carbonyl (C=O) groups is 2. The number of aryl methyl sites for hydroxylation is 1. The maximum atomic E-state index is 12.8. The van der Waals surface area contributed by atoms with Gasteiger partial charge in [-0.3, -0.25) is 9.59 Å². The number of carbonyl (C=O) groups excluding carboxylic acids is 2. The second-order valence-electron chi connectivity index (χ2n) is 6.30. The maximum absolute atomic E-state index is 12.8. The van der Waals surface area contributed by atoms with Crippen molar-refractivity contribution in [2.45, 2.75) is 19.1 Å². The summed E-state index contributed by atoms with van der Waals surface area (Å²) in [6.45, 7) is 1.88. The maximum Gasteiger partial charge on any atom is 0.321 e. The van der Waals surface area contributed by atoms with Crippen molar-refractivity contribution >= 4 is 23.6 Å². The van der Waals surface area contributed by atoms with Gasteiger partial charge in [0.1, 0.15) is 11.3 Å². The predicted octanol–water partition coefficient (Wildman–Crippen LogP) is 1.09. The van der Waals surface area contributed by atoms with Crippen LogP contribution in [0.3, 0.4) is 0 Å². The first-order valence-corrected chi connectivity index (χ1v) is 7.92. The van der Waals surface area contributed by atoms with Crippen LogP contribution >= 0.6 is 0 Å². The van der Waals surface area contributed by atoms with Crippen molar-refractivity contribution in [2.24, 2.45) is 11.3 Å². The lowest BCUT2D eigenvalue weighted by molar-refractivity contribution is -0.168. The highest BCUT2D eigenvalue weighted by molar-refractivity contribution is 6.05. The van der Waals surface area contributed by atoms with Gasteiger partial charge in [0.25, 0.3) is 0 Å². The van der Waals surface area contributed by atoms with Gasteiger partial charge in [0.2, 0.25) is 0 Å². The van der Waals surface area contributed by atoms with Gasteiger partial charge in [-0.15, -0.1) is 0 Å². The van der Waals surface area contributed by atoms with E-state index in [0.717, 1.165) is 16.7 Å². The summed E-state index contributed by atoms with van der Waals surface area (Å²) < 4.78 is 9.80. The number of fused-ring (bicyclic) bond motifs is 3. The Bertz CT molecular complexity index is 793. The molecular formula is C19H20O6. The zero-order valence-corrected chi connectivity index (χ0v) is 14.2. The summed E-state index contributed by atoms with van der Waals surface area (Å²) in [4.78, 5) is 25.3. The van der Waals surface area contributed by atoms with Gasteiger partial charge in [-0.1, -0.05) is 30.4 Å². The molecule has 0 aliphatic heterocycles. The lowest BCUT2D eigenvalue weighted by Crippen LogP contribution is -2.55. The molecule has 2 aliphatic rings. The minimum atomic E-state index is -1.56. The van der Waals surface area contributed by atoms with E-state index in [4.69, 9.17) is 9.47 Å². The highest BCUT2D eigenvalue weighted by Gasteiger charge is 2.60. The molecule has 0 fully saturated rings. The molecule has 4 atom stereocenters. The van der Waals surface area contributed by atoms with Crippen molar-refractivity contribution < 1.29 is 29.3 Å². The van der Waals surface area contributed by atoms with Crippen LogP contribution in [0, 0.1) is 18.3 Å². The van der Waals surface area contributed by atoms with Gasteiger partial charge in [-0.2, -0.15) is 0 Å². The van der Waals surface area contributed by atoms with Gasteiger partial charge in [-0.25, -0.2) is 0 Å². The number of ether oxygens (including phenoxy) is 2. The Hall–Kier alpha value is -2.44. The Labute approximate surface area is 145 Å². The number of hydrogen-bond acceptors (Lipinski definition) is 6. The monoisotopic (exact) mass is 344 g/mol. The van der Waals surface area contributed by atoms with Gasteiger partial charge in [0, 0.05) is 0 Å². The third-order valence-corrected chi connectivity index (χ3v) is 5.04. The zero-order chi connectivity index (χ0) is 18.4. The molecule has 6 heteroatoms. The van der Waals surface area contributed by atoms with Crippen molar-refractivity contribution in [1.29, 1.82) is 0 Å². The molecule has 0 radical (unpaired) electrons. The topological polar surface area (TPSA) is 93.1 Å². The molecule has 2 N–H and O–H groups in total. The van der Waals surface area contributed by atoms with Crippen molar-refractivity contribution in [2.75, 3.05) is 14.2 Å². The molecule has 2 aliphatic carbocycles. The third kappa shape index (κ3) is 2.33. The van der Waals surface area contributed by atoms with Crippen LogP contribution in [0.4, 0.5) is 0 Å². The molecule has 0 saturated carbocycles. The van der Waals surface area contributed by atoms with E-state index in [9.17, 15) is 19.8 Å². The molecule has 0 bridgehead atoms. The molecule has 0 spiro atoms. The van der Waals surface area contributed by atoms with E-state index < -0.39 is 35.5 Å². The fourth-order valence-electron chi connectivity index (χ4n) is 3.87. The quantitative estimate of drug-likeness (QED) is 0.780. The Morgan fingerprint density at radius 2 is 1.88 bits per heavy atom. The van der Waals surface area contributed by atoms with Crippen molar-refractivity contribution in [3.8, 4) is 0 Å². The molecule has 0 aromatic heterocycles. The number of esters is 2. The first kappa shape index (κ1) is 17.4. The van der Waals surface area contributed by atoms with Crippen molar-refractivity contribution in [1.82, 2.24) is 0 Å². The largest absolute Gasteiger partial charge is 0.469 e. The van der Waals surface area contributed by atoms with E-state index in [2.05, 4.69) is 0 Å². The summed E-state index contributed by atoms with van der Waals surface area (Å²) in [5.41, 5.74) is 1.38. The average molecular weight is 344 g/mol. The average Bonchev–Trinajstić information content (AvgIpc) is 2.61. The molecule has 6 nitrogen and oxygen atoms in total. The molecular weight excluding hydrogens is 324 g/mol. The van der Waals surface area contributed by atoms with Crippen LogP contribution in [0.1, 0.15) is 16.7 Å². The minimum absolute atomic E-state index is 0.447. The Morgan fingerprint density at radius 3 is 2.52 bits per heavy atom. The summed E-state index contributed by atoms with van der Waals surface area (Å²) in [6, 6.07) is 5.65. The van der Waals surface area contributed by atoms with Crippen LogP contribution in [0.2, 0.25) is 0 Å². The third-order valence-electron chi connectivity index (χ3n) is 5.04. The number of aliphatic hydroxyl groups excluding tert-OH is 2. The first-order chi connectivity index (χ1) is 11.9. The number of aliphatic hydroxyl groups is 2. The second kappa shape index (κ2) is 6.13. The molecule has 1 aromatic rings. The molecule has 0 amide bonds. The van der Waals surface area contributed by atoms with Gasteiger partial charge in [0.15, 0.2) is 0 Å². The molecule has 25 heavy (non-hydrogen) atoms. The standard InChI is InChI=1S/C19H20O6/c1-10-5-4-6-11-7-8-19(18(23)25-3)12(14(10)11)9-13(20)16(21)15(19)17(22)24-2/h4-9,13,15-16,20-21H,1-3H3/t13-,15-,16-,19-/m1/s1. The van der Waals surface area contributed by atoms with Crippen LogP contribution < -0.4 is 0 Å². The van der Waals surface area contributed by atoms with Crippen LogP contribution in [0.25, 0.3) is 11.6 Å². The highest BCUT2D eigenvalue weighted by Crippen LogP contribution is 2.53. The van der Waals surface area contributed by atoms with Crippen molar-refractivity contribution in [3.63, 3.8) is 0 Å². The SMILES string of the molecule is COC(=O)[C@H]1[C@H](O)[C@H](O)C=C2c3c(C)cccc3C=C[C@@]21C(=O)OC. The van der Waals surface area contributed by atoms with Crippen LogP contribution in [-0.2, 0) is 19.1 Å². The second-order valence-corrected chi connectivity index (χ2v) is 6.30. The summed E-state index contributed by atoms with van der Waals surface area (Å²) in [6.07, 6.45) is 1.91. The Morgan fingerprint density at radius 1 is 1.16 bits per heavy atom. The fourth-order valence-corrected chi connectivity index (χ4v) is 3.87. The van der Waals surface area contributed by atoms with Crippen LogP contribution in [0.15, 0.2) is 30.4 Å². The van der Waals surface area contributed by atoms with Crippen molar-refractivity contribution in [3.05, 3.63) is 47.0 Å². The lowest BCUT2D eigenvalue weighted by Gasteiger charge is -2.45.